The van der Waals surface area contributed by atoms with E-state index in [4.69, 9.17) is 0 Å². The number of hydrogen-bond donors (Lipinski definition) is 2. The summed E-state index contributed by atoms with van der Waals surface area (Å²) >= 11 is 0. The topological polar surface area (TPSA) is 132 Å². The smallest absolute Gasteiger partial charge is 0.324 e. The van der Waals surface area contributed by atoms with Gasteiger partial charge in [-0.2, -0.15) is 5.10 Å². The molecule has 28 heavy (non-hydrogen) atoms. The van der Waals surface area contributed by atoms with Gasteiger partial charge in [0.05, 0.1) is 16.6 Å². The van der Waals surface area contributed by atoms with E-state index in [1.54, 1.807) is 18.3 Å². The summed E-state index contributed by atoms with van der Waals surface area (Å²) in [7, 11) is -0.440. The molecule has 10 nitrogen and oxygen atoms in total. The van der Waals surface area contributed by atoms with Crippen molar-refractivity contribution in [3.8, 4) is 0 Å². The van der Waals surface area contributed by atoms with Crippen LogP contribution in [0.25, 0.3) is 21.8 Å². The van der Waals surface area contributed by atoms with Crippen molar-refractivity contribution < 1.29 is 8.42 Å². The second-order valence-electron chi connectivity index (χ2n) is 6.46. The van der Waals surface area contributed by atoms with E-state index in [0.717, 1.165) is 10.8 Å². The molecule has 11 heteroatoms. The standard InChI is InChI=1S/C17H16N6O4S/c1-22-13(7-14(24)23(2)17(22)25)20-16-15-11(8-18-21-15)10-6-9(28(3,26)27)4-5-12(10)19-16/h4-8H,1-3H3,(H,18,21)(H,19,20). The molecular formula is C17H16N6O4S. The Morgan fingerprint density at radius 1 is 1.07 bits per heavy atom. The van der Waals surface area contributed by atoms with Crippen molar-refractivity contribution in [1.29, 1.82) is 0 Å². The number of fused-ring (bicyclic) bond motifs is 3. The molecule has 0 bridgehead atoms. The van der Waals surface area contributed by atoms with Gasteiger partial charge in [0.2, 0.25) is 0 Å². The number of nitrogens with zero attached hydrogens (tertiary/aromatic N) is 4. The zero-order valence-electron chi connectivity index (χ0n) is 15.2. The van der Waals surface area contributed by atoms with Crippen LogP contribution in [0.1, 0.15) is 0 Å². The van der Waals surface area contributed by atoms with Gasteiger partial charge >= 0.3 is 5.69 Å². The summed E-state index contributed by atoms with van der Waals surface area (Å²) in [5.74, 6) is 0.624. The van der Waals surface area contributed by atoms with Gasteiger partial charge in [0.1, 0.15) is 11.3 Å². The molecule has 2 N–H and O–H groups in total. The fourth-order valence-corrected chi connectivity index (χ4v) is 3.62. The minimum absolute atomic E-state index is 0.180. The second kappa shape index (κ2) is 6.02. The first-order chi connectivity index (χ1) is 13.2. The Kier molecular flexibility index (Phi) is 3.85. The first-order valence-electron chi connectivity index (χ1n) is 8.18. The van der Waals surface area contributed by atoms with E-state index in [-0.39, 0.29) is 10.7 Å². The van der Waals surface area contributed by atoms with Crippen LogP contribution in [0.4, 0.5) is 11.6 Å². The fraction of sp³-hybridized carbons (Fsp3) is 0.176. The normalized spacial score (nSPS) is 12.0. The molecule has 0 aliphatic rings. The Labute approximate surface area is 158 Å². The first kappa shape index (κ1) is 17.9. The first-order valence-corrected chi connectivity index (χ1v) is 10.1. The van der Waals surface area contributed by atoms with Crippen LogP contribution >= 0.6 is 0 Å². The quantitative estimate of drug-likeness (QED) is 0.516. The largest absolute Gasteiger partial charge is 0.332 e. The number of nitrogens with one attached hydrogen (secondary N) is 2. The number of H-pyrrole nitrogens is 1. The summed E-state index contributed by atoms with van der Waals surface area (Å²) in [5, 5.41) is 11.1. The van der Waals surface area contributed by atoms with Crippen molar-refractivity contribution in [3.05, 3.63) is 51.3 Å². The van der Waals surface area contributed by atoms with E-state index in [1.807, 2.05) is 0 Å². The Morgan fingerprint density at radius 3 is 2.54 bits per heavy atom. The Hall–Kier alpha value is -3.47. The lowest BCUT2D eigenvalue weighted by molar-refractivity contribution is 0.602. The van der Waals surface area contributed by atoms with Gasteiger partial charge in [0.25, 0.3) is 5.56 Å². The van der Waals surface area contributed by atoms with Crippen molar-refractivity contribution in [1.82, 2.24) is 24.3 Å². The third-order valence-electron chi connectivity index (χ3n) is 4.57. The number of pyridine rings is 1. The molecule has 0 unspecified atom stereocenters. The summed E-state index contributed by atoms with van der Waals surface area (Å²) in [4.78, 5) is 28.8. The molecule has 4 aromatic rings. The van der Waals surface area contributed by atoms with Gasteiger partial charge in [-0.3, -0.25) is 19.0 Å². The molecule has 0 aliphatic heterocycles. The maximum absolute atomic E-state index is 12.1. The minimum Gasteiger partial charge on any atom is -0.324 e. The Bertz CT molecular complexity index is 1480. The summed E-state index contributed by atoms with van der Waals surface area (Å²) < 4.78 is 26.0. The summed E-state index contributed by atoms with van der Waals surface area (Å²) in [6.45, 7) is 0. The highest BCUT2D eigenvalue weighted by atomic mass is 32.2. The highest BCUT2D eigenvalue weighted by molar-refractivity contribution is 7.90. The average Bonchev–Trinajstić information content (AvgIpc) is 3.13. The number of anilines is 2. The number of aromatic amines is 1. The van der Waals surface area contributed by atoms with Gasteiger partial charge in [-0.25, -0.2) is 18.2 Å². The number of aromatic nitrogens is 5. The summed E-state index contributed by atoms with van der Waals surface area (Å²) in [6.07, 6.45) is 2.71. The van der Waals surface area contributed by atoms with E-state index in [0.29, 0.717) is 27.6 Å². The molecule has 0 saturated carbocycles. The number of benzene rings is 1. The van der Waals surface area contributed by atoms with Crippen molar-refractivity contribution in [2.24, 2.45) is 14.1 Å². The molecule has 3 aromatic heterocycles. The lowest BCUT2D eigenvalue weighted by atomic mass is 10.1. The monoisotopic (exact) mass is 400 g/mol. The van der Waals surface area contributed by atoms with E-state index >= 15 is 0 Å². The Morgan fingerprint density at radius 2 is 1.82 bits per heavy atom. The van der Waals surface area contributed by atoms with Crippen LogP contribution < -0.4 is 16.6 Å². The molecule has 144 valence electrons. The maximum Gasteiger partial charge on any atom is 0.332 e. The van der Waals surface area contributed by atoms with Gasteiger partial charge in [-0.1, -0.05) is 0 Å². The van der Waals surface area contributed by atoms with Crippen molar-refractivity contribution in [2.75, 3.05) is 11.6 Å². The lowest BCUT2D eigenvalue weighted by Gasteiger charge is -2.13. The van der Waals surface area contributed by atoms with Gasteiger partial charge in [0.15, 0.2) is 15.7 Å². The van der Waals surface area contributed by atoms with Crippen molar-refractivity contribution >= 4 is 43.3 Å². The molecule has 4 rings (SSSR count). The molecular weight excluding hydrogens is 384 g/mol. The predicted octanol–water partition coefficient (Wildman–Crippen LogP) is 0.656. The molecule has 0 aliphatic carbocycles. The van der Waals surface area contributed by atoms with Crippen LogP contribution in [0.2, 0.25) is 0 Å². The Balaban J connectivity index is 1.95. The van der Waals surface area contributed by atoms with Crippen LogP contribution in [0, 0.1) is 0 Å². The van der Waals surface area contributed by atoms with Gasteiger partial charge in [-0.15, -0.1) is 0 Å². The van der Waals surface area contributed by atoms with E-state index in [1.165, 1.54) is 30.8 Å². The molecule has 1 aromatic carbocycles. The zero-order chi connectivity index (χ0) is 20.2. The highest BCUT2D eigenvalue weighted by Gasteiger charge is 2.15. The zero-order valence-corrected chi connectivity index (χ0v) is 16.0. The van der Waals surface area contributed by atoms with Gasteiger partial charge in [0, 0.05) is 37.2 Å². The van der Waals surface area contributed by atoms with Gasteiger partial charge < -0.3 is 5.32 Å². The molecule has 0 radical (unpaired) electrons. The third-order valence-corrected chi connectivity index (χ3v) is 5.68. The average molecular weight is 400 g/mol. The number of hydrogen-bond acceptors (Lipinski definition) is 7. The molecule has 0 amide bonds. The SMILES string of the molecule is Cn1c(Nc2nc3ccc(S(C)(=O)=O)cc3c3cn[nH]c23)cc(=O)n(C)c1=O. The lowest BCUT2D eigenvalue weighted by Crippen LogP contribution is -2.37. The molecule has 3 heterocycles. The number of sulfone groups is 1. The summed E-state index contributed by atoms with van der Waals surface area (Å²) in [5.41, 5.74) is 0.128. The van der Waals surface area contributed by atoms with E-state index in [2.05, 4.69) is 20.5 Å². The number of rotatable bonds is 3. The van der Waals surface area contributed by atoms with Crippen LogP contribution in [0.5, 0.6) is 0 Å². The van der Waals surface area contributed by atoms with Crippen LogP contribution in [0.15, 0.2) is 44.9 Å². The predicted molar refractivity (Wildman–Crippen MR) is 105 cm³/mol. The molecule has 0 saturated heterocycles. The third kappa shape index (κ3) is 2.76. The van der Waals surface area contributed by atoms with Crippen LogP contribution in [-0.4, -0.2) is 39.0 Å². The molecule has 0 atom stereocenters. The van der Waals surface area contributed by atoms with Crippen molar-refractivity contribution in [2.45, 2.75) is 4.90 Å². The maximum atomic E-state index is 12.1. The van der Waals surface area contributed by atoms with E-state index in [9.17, 15) is 18.0 Å². The molecule has 0 spiro atoms. The highest BCUT2D eigenvalue weighted by Crippen LogP contribution is 2.30. The van der Waals surface area contributed by atoms with Crippen LogP contribution in [-0.2, 0) is 23.9 Å². The fourth-order valence-electron chi connectivity index (χ4n) is 2.97. The van der Waals surface area contributed by atoms with Crippen LogP contribution in [0.3, 0.4) is 0 Å². The second-order valence-corrected chi connectivity index (χ2v) is 8.48. The summed E-state index contributed by atoms with van der Waals surface area (Å²) in [6, 6.07) is 5.93. The van der Waals surface area contributed by atoms with Crippen molar-refractivity contribution in [3.63, 3.8) is 0 Å². The van der Waals surface area contributed by atoms with E-state index < -0.39 is 21.1 Å². The van der Waals surface area contributed by atoms with Gasteiger partial charge in [-0.05, 0) is 18.2 Å². The minimum atomic E-state index is -3.37. The molecule has 0 fully saturated rings.